The molecule has 7 heteroatoms. The molecule has 0 aliphatic rings. The molecule has 0 heterocycles. The molecular weight excluding hydrogens is 350 g/mol. The second-order valence-corrected chi connectivity index (χ2v) is 6.02. The van der Waals surface area contributed by atoms with Crippen LogP contribution in [0.5, 0.6) is 5.75 Å². The summed E-state index contributed by atoms with van der Waals surface area (Å²) in [5, 5.41) is 2.49. The highest BCUT2D eigenvalue weighted by Gasteiger charge is 2.09. The van der Waals surface area contributed by atoms with Crippen LogP contribution in [0.3, 0.4) is 0 Å². The quantitative estimate of drug-likeness (QED) is 0.555. The van der Waals surface area contributed by atoms with Crippen molar-refractivity contribution in [3.8, 4) is 5.75 Å². The number of hydrogen-bond acceptors (Lipinski definition) is 4. The SMILES string of the molecule is CCc1ccc(OCC(=O)NNC(=S)NC(=O)c2cccc(C)c2)cc1. The summed E-state index contributed by atoms with van der Waals surface area (Å²) in [5.74, 6) is -0.169. The maximum Gasteiger partial charge on any atom is 0.276 e. The Bertz CT molecular complexity index is 791. The molecule has 0 aliphatic carbocycles. The summed E-state index contributed by atoms with van der Waals surface area (Å²) in [7, 11) is 0. The number of benzene rings is 2. The molecule has 0 spiro atoms. The number of hydrogen-bond donors (Lipinski definition) is 3. The van der Waals surface area contributed by atoms with Crippen molar-refractivity contribution in [2.24, 2.45) is 0 Å². The van der Waals surface area contributed by atoms with Gasteiger partial charge < -0.3 is 4.74 Å². The topological polar surface area (TPSA) is 79.5 Å². The van der Waals surface area contributed by atoms with E-state index < -0.39 is 5.91 Å². The summed E-state index contributed by atoms with van der Waals surface area (Å²) in [6.07, 6.45) is 0.941. The van der Waals surface area contributed by atoms with Crippen molar-refractivity contribution < 1.29 is 14.3 Å². The molecule has 0 atom stereocenters. The zero-order valence-electron chi connectivity index (χ0n) is 14.7. The number of nitrogens with one attached hydrogen (secondary N) is 3. The van der Waals surface area contributed by atoms with Gasteiger partial charge in [0.25, 0.3) is 11.8 Å². The second kappa shape index (κ2) is 9.53. The maximum absolute atomic E-state index is 12.0. The van der Waals surface area contributed by atoms with E-state index in [1.807, 2.05) is 37.3 Å². The lowest BCUT2D eigenvalue weighted by Gasteiger charge is -2.11. The molecule has 0 radical (unpaired) electrons. The van der Waals surface area contributed by atoms with E-state index in [9.17, 15) is 9.59 Å². The fraction of sp³-hybridized carbons (Fsp3) is 0.211. The van der Waals surface area contributed by atoms with E-state index in [4.69, 9.17) is 17.0 Å². The van der Waals surface area contributed by atoms with Crippen LogP contribution in [0.1, 0.15) is 28.4 Å². The highest BCUT2D eigenvalue weighted by Crippen LogP contribution is 2.12. The standard InChI is InChI=1S/C19H21N3O3S/c1-3-14-7-9-16(10-8-14)25-12-17(23)21-22-19(26)20-18(24)15-6-4-5-13(2)11-15/h4-11H,3,12H2,1-2H3,(H,21,23)(H2,20,22,24,26). The zero-order valence-corrected chi connectivity index (χ0v) is 15.5. The van der Waals surface area contributed by atoms with Gasteiger partial charge in [-0.25, -0.2) is 0 Å². The Hall–Kier alpha value is -2.93. The van der Waals surface area contributed by atoms with Crippen LogP contribution in [0.15, 0.2) is 48.5 Å². The van der Waals surface area contributed by atoms with Crippen molar-refractivity contribution in [2.75, 3.05) is 6.61 Å². The molecule has 2 rings (SSSR count). The molecule has 3 N–H and O–H groups in total. The Kier molecular flexibility index (Phi) is 7.11. The first-order chi connectivity index (χ1) is 12.5. The van der Waals surface area contributed by atoms with E-state index in [1.165, 1.54) is 5.56 Å². The molecule has 0 saturated carbocycles. The first kappa shape index (κ1) is 19.4. The second-order valence-electron chi connectivity index (χ2n) is 5.61. The van der Waals surface area contributed by atoms with E-state index >= 15 is 0 Å². The van der Waals surface area contributed by atoms with Crippen molar-refractivity contribution in [1.82, 2.24) is 16.2 Å². The van der Waals surface area contributed by atoms with Crippen LogP contribution in [0.25, 0.3) is 0 Å². The number of thiocarbonyl (C=S) groups is 1. The molecule has 2 aromatic carbocycles. The molecule has 0 aromatic heterocycles. The number of rotatable bonds is 5. The molecule has 2 amide bonds. The number of carbonyl (C=O) groups excluding carboxylic acids is 2. The van der Waals surface area contributed by atoms with Gasteiger partial charge in [0.15, 0.2) is 11.7 Å². The van der Waals surface area contributed by atoms with Crippen LogP contribution < -0.4 is 20.9 Å². The zero-order chi connectivity index (χ0) is 18.9. The Balaban J connectivity index is 1.72. The molecule has 136 valence electrons. The summed E-state index contributed by atoms with van der Waals surface area (Å²) >= 11 is 4.99. The first-order valence-electron chi connectivity index (χ1n) is 8.16. The van der Waals surface area contributed by atoms with E-state index in [2.05, 4.69) is 23.1 Å². The smallest absolute Gasteiger partial charge is 0.276 e. The molecule has 0 fully saturated rings. The van der Waals surface area contributed by atoms with Crippen molar-refractivity contribution in [1.29, 1.82) is 0 Å². The fourth-order valence-electron chi connectivity index (χ4n) is 2.13. The number of ether oxygens (including phenoxy) is 1. The largest absolute Gasteiger partial charge is 0.484 e. The highest BCUT2D eigenvalue weighted by atomic mass is 32.1. The van der Waals surface area contributed by atoms with Gasteiger partial charge in [-0.15, -0.1) is 0 Å². The fourth-order valence-corrected chi connectivity index (χ4v) is 2.27. The summed E-state index contributed by atoms with van der Waals surface area (Å²) in [5.41, 5.74) is 7.49. The van der Waals surface area contributed by atoms with Gasteiger partial charge in [-0.3, -0.25) is 25.8 Å². The summed E-state index contributed by atoms with van der Waals surface area (Å²) in [6, 6.07) is 14.6. The van der Waals surface area contributed by atoms with Crippen LogP contribution in [0.4, 0.5) is 0 Å². The number of aryl methyl sites for hydroxylation is 2. The normalized spacial score (nSPS) is 9.92. The third-order valence-electron chi connectivity index (χ3n) is 3.52. The van der Waals surface area contributed by atoms with E-state index in [-0.39, 0.29) is 17.6 Å². The van der Waals surface area contributed by atoms with Crippen LogP contribution in [-0.2, 0) is 11.2 Å². The Morgan fingerprint density at radius 3 is 2.46 bits per heavy atom. The first-order valence-corrected chi connectivity index (χ1v) is 8.57. The molecule has 0 saturated heterocycles. The molecule has 0 aliphatic heterocycles. The van der Waals surface area contributed by atoms with Crippen LogP contribution in [0, 0.1) is 6.92 Å². The predicted molar refractivity (Wildman–Crippen MR) is 104 cm³/mol. The van der Waals surface area contributed by atoms with Crippen LogP contribution in [-0.4, -0.2) is 23.5 Å². The summed E-state index contributed by atoms with van der Waals surface area (Å²) in [6.45, 7) is 3.78. The lowest BCUT2D eigenvalue weighted by molar-refractivity contribution is -0.123. The number of amides is 2. The molecule has 0 bridgehead atoms. The lowest BCUT2D eigenvalue weighted by atomic mass is 10.1. The van der Waals surface area contributed by atoms with Crippen molar-refractivity contribution in [3.63, 3.8) is 0 Å². The molecular formula is C19H21N3O3S. The van der Waals surface area contributed by atoms with Gasteiger partial charge in [0.1, 0.15) is 5.75 Å². The van der Waals surface area contributed by atoms with E-state index in [0.29, 0.717) is 11.3 Å². The van der Waals surface area contributed by atoms with Gasteiger partial charge in [0.05, 0.1) is 0 Å². The van der Waals surface area contributed by atoms with E-state index in [0.717, 1.165) is 12.0 Å². The third kappa shape index (κ3) is 6.18. The monoisotopic (exact) mass is 371 g/mol. The van der Waals surface area contributed by atoms with Crippen LogP contribution in [0.2, 0.25) is 0 Å². The number of hydrazine groups is 1. The molecule has 0 unspecified atom stereocenters. The maximum atomic E-state index is 12.0. The Morgan fingerprint density at radius 1 is 1.08 bits per heavy atom. The molecule has 6 nitrogen and oxygen atoms in total. The van der Waals surface area contributed by atoms with Gasteiger partial charge in [0, 0.05) is 5.56 Å². The molecule has 2 aromatic rings. The predicted octanol–water partition coefficient (Wildman–Crippen LogP) is 2.27. The van der Waals surface area contributed by atoms with Crippen LogP contribution >= 0.6 is 12.2 Å². The third-order valence-corrected chi connectivity index (χ3v) is 3.73. The van der Waals surface area contributed by atoms with Gasteiger partial charge >= 0.3 is 0 Å². The average Bonchev–Trinajstić information content (AvgIpc) is 2.65. The van der Waals surface area contributed by atoms with E-state index in [1.54, 1.807) is 18.2 Å². The van der Waals surface area contributed by atoms with Gasteiger partial charge in [-0.05, 0) is 55.4 Å². The minimum Gasteiger partial charge on any atom is -0.484 e. The average molecular weight is 371 g/mol. The highest BCUT2D eigenvalue weighted by molar-refractivity contribution is 7.80. The summed E-state index contributed by atoms with van der Waals surface area (Å²) in [4.78, 5) is 23.8. The minimum atomic E-state index is -0.420. The Morgan fingerprint density at radius 2 is 1.81 bits per heavy atom. The minimum absolute atomic E-state index is 0.00263. The van der Waals surface area contributed by atoms with Crippen molar-refractivity contribution in [3.05, 3.63) is 65.2 Å². The van der Waals surface area contributed by atoms with Gasteiger partial charge in [-0.2, -0.15) is 0 Å². The van der Waals surface area contributed by atoms with Crippen molar-refractivity contribution in [2.45, 2.75) is 20.3 Å². The van der Waals surface area contributed by atoms with Gasteiger partial charge in [0.2, 0.25) is 0 Å². The molecule has 26 heavy (non-hydrogen) atoms. The Labute approximate surface area is 157 Å². The lowest BCUT2D eigenvalue weighted by Crippen LogP contribution is -2.49. The number of carbonyl (C=O) groups is 2. The van der Waals surface area contributed by atoms with Crippen molar-refractivity contribution >= 4 is 29.1 Å². The van der Waals surface area contributed by atoms with Gasteiger partial charge in [-0.1, -0.05) is 36.8 Å². The summed E-state index contributed by atoms with van der Waals surface area (Å²) < 4.78 is 5.38.